The highest BCUT2D eigenvalue weighted by atomic mass is 16.6. The first kappa shape index (κ1) is 54.0. The summed E-state index contributed by atoms with van der Waals surface area (Å²) >= 11 is 0. The zero-order chi connectivity index (χ0) is 42.1. The minimum Gasteiger partial charge on any atom is -0.477 e. The second kappa shape index (κ2) is 39.8. The molecule has 57 heavy (non-hydrogen) atoms. The molecule has 2 atom stereocenters. The summed E-state index contributed by atoms with van der Waals surface area (Å²) in [5.74, 6) is -1.50. The monoisotopic (exact) mass is 801 g/mol. The number of allylic oxidation sites excluding steroid dienone is 10. The number of nitrogens with zero attached hydrogens (tertiary/aromatic N) is 1. The predicted octanol–water partition coefficient (Wildman–Crippen LogP) is 12.6. The Morgan fingerprint density at radius 3 is 1.46 bits per heavy atom. The van der Waals surface area contributed by atoms with Crippen molar-refractivity contribution in [1.82, 2.24) is 0 Å². The Morgan fingerprint density at radius 1 is 0.544 bits per heavy atom. The summed E-state index contributed by atoms with van der Waals surface area (Å²) in [6, 6.07) is -0.621. The van der Waals surface area contributed by atoms with E-state index >= 15 is 0 Å². The Kier molecular flexibility index (Phi) is 37.8. The first-order chi connectivity index (χ1) is 27.6. The molecule has 0 aromatic heterocycles. The van der Waals surface area contributed by atoms with Crippen molar-refractivity contribution in [3.8, 4) is 0 Å². The van der Waals surface area contributed by atoms with Gasteiger partial charge in [-0.25, -0.2) is 4.79 Å². The van der Waals surface area contributed by atoms with Crippen LogP contribution in [0.4, 0.5) is 0 Å². The minimum atomic E-state index is -0.881. The molecule has 328 valence electrons. The van der Waals surface area contributed by atoms with Gasteiger partial charge in [-0.2, -0.15) is 0 Å². The number of carbonyl (C=O) groups excluding carboxylic acids is 2. The average molecular weight is 801 g/mol. The van der Waals surface area contributed by atoms with Crippen LogP contribution in [-0.2, 0) is 28.6 Å². The second-order valence-corrected chi connectivity index (χ2v) is 16.4. The Labute approximate surface area is 349 Å². The van der Waals surface area contributed by atoms with Crippen LogP contribution in [0, 0.1) is 0 Å². The molecule has 0 amide bonds. The topological polar surface area (TPSA) is 99.1 Å². The molecule has 0 aromatic carbocycles. The van der Waals surface area contributed by atoms with Crippen molar-refractivity contribution < 1.29 is 38.2 Å². The van der Waals surface area contributed by atoms with Gasteiger partial charge in [0, 0.05) is 19.3 Å². The molecule has 0 aromatic rings. The molecule has 2 unspecified atom stereocenters. The fourth-order valence-corrected chi connectivity index (χ4v) is 6.43. The van der Waals surface area contributed by atoms with Crippen LogP contribution >= 0.6 is 0 Å². The maximum atomic E-state index is 12.7. The molecule has 1 N–H and O–H groups in total. The maximum Gasteiger partial charge on any atom is 0.362 e. The van der Waals surface area contributed by atoms with Crippen molar-refractivity contribution in [2.45, 2.75) is 193 Å². The lowest BCUT2D eigenvalue weighted by molar-refractivity contribution is -0.887. The summed E-state index contributed by atoms with van der Waals surface area (Å²) in [4.78, 5) is 37.0. The van der Waals surface area contributed by atoms with Crippen molar-refractivity contribution in [2.75, 3.05) is 41.0 Å². The van der Waals surface area contributed by atoms with Crippen LogP contribution in [0.1, 0.15) is 181 Å². The van der Waals surface area contributed by atoms with Gasteiger partial charge in [0.2, 0.25) is 0 Å². The van der Waals surface area contributed by atoms with Crippen molar-refractivity contribution in [3.63, 3.8) is 0 Å². The number of aliphatic carboxylic acids is 1. The third kappa shape index (κ3) is 38.3. The van der Waals surface area contributed by atoms with Crippen LogP contribution in [0.2, 0.25) is 0 Å². The number of carboxylic acid groups (broad SMARTS) is 1. The van der Waals surface area contributed by atoms with Crippen LogP contribution in [0.25, 0.3) is 0 Å². The summed E-state index contributed by atoms with van der Waals surface area (Å²) in [6.07, 6.45) is 48.4. The molecule has 0 spiro atoms. The molecule has 8 nitrogen and oxygen atoms in total. The molecule has 8 heteroatoms. The summed E-state index contributed by atoms with van der Waals surface area (Å²) in [7, 11) is 5.51. The number of ether oxygens (including phenoxy) is 3. The fraction of sp³-hybridized carbons (Fsp3) is 0.735. The largest absolute Gasteiger partial charge is 0.477 e. The average Bonchev–Trinajstić information content (AvgIpc) is 3.17. The van der Waals surface area contributed by atoms with Gasteiger partial charge in [-0.1, -0.05) is 164 Å². The molecule has 0 aliphatic carbocycles. The smallest absolute Gasteiger partial charge is 0.362 e. The predicted molar refractivity (Wildman–Crippen MR) is 238 cm³/mol. The normalized spacial score (nSPS) is 13.5. The molecule has 0 heterocycles. The lowest BCUT2D eigenvalue weighted by atomic mass is 10.1. The summed E-state index contributed by atoms with van der Waals surface area (Å²) in [6.45, 7) is 4.56. The van der Waals surface area contributed by atoms with Crippen LogP contribution in [0.15, 0.2) is 60.8 Å². The highest BCUT2D eigenvalue weighted by Crippen LogP contribution is 2.14. The number of carbonyl (C=O) groups is 3. The third-order valence-corrected chi connectivity index (χ3v) is 9.99. The van der Waals surface area contributed by atoms with E-state index in [4.69, 9.17) is 14.2 Å². The van der Waals surface area contributed by atoms with E-state index in [1.165, 1.54) is 83.5 Å². The molecule has 0 radical (unpaired) electrons. The number of hydrogen-bond donors (Lipinski definition) is 1. The van der Waals surface area contributed by atoms with E-state index in [1.54, 1.807) is 0 Å². The van der Waals surface area contributed by atoms with Gasteiger partial charge in [-0.15, -0.1) is 0 Å². The van der Waals surface area contributed by atoms with E-state index in [9.17, 15) is 19.5 Å². The highest BCUT2D eigenvalue weighted by molar-refractivity contribution is 5.72. The first-order valence-electron chi connectivity index (χ1n) is 22.9. The van der Waals surface area contributed by atoms with Crippen molar-refractivity contribution in [3.05, 3.63) is 60.8 Å². The fourth-order valence-electron chi connectivity index (χ4n) is 6.43. The zero-order valence-electron chi connectivity index (χ0n) is 37.3. The van der Waals surface area contributed by atoms with E-state index in [1.807, 2.05) is 27.2 Å². The van der Waals surface area contributed by atoms with Crippen LogP contribution in [0.3, 0.4) is 0 Å². The molecule has 0 rings (SSSR count). The van der Waals surface area contributed by atoms with Gasteiger partial charge in [0.25, 0.3) is 0 Å². The summed E-state index contributed by atoms with van der Waals surface area (Å²) < 4.78 is 17.3. The van der Waals surface area contributed by atoms with Gasteiger partial charge >= 0.3 is 17.9 Å². The first-order valence-corrected chi connectivity index (χ1v) is 22.9. The minimum absolute atomic E-state index is 0.0497. The second-order valence-electron chi connectivity index (χ2n) is 16.4. The molecule has 0 aliphatic heterocycles. The van der Waals surface area contributed by atoms with Gasteiger partial charge in [-0.3, -0.25) is 9.59 Å². The van der Waals surface area contributed by atoms with Gasteiger partial charge < -0.3 is 23.8 Å². The van der Waals surface area contributed by atoms with E-state index in [0.717, 1.165) is 64.2 Å². The number of quaternary nitrogens is 1. The van der Waals surface area contributed by atoms with Gasteiger partial charge in [0.1, 0.15) is 6.61 Å². The Bertz CT molecular complexity index is 1120. The summed E-state index contributed by atoms with van der Waals surface area (Å²) in [5.41, 5.74) is 0. The van der Waals surface area contributed by atoms with E-state index in [2.05, 4.69) is 68.5 Å². The van der Waals surface area contributed by atoms with Crippen molar-refractivity contribution in [1.29, 1.82) is 0 Å². The highest BCUT2D eigenvalue weighted by Gasteiger charge is 2.31. The number of carboxylic acids is 1. The standard InChI is InChI=1S/C49H85NO7/c1-6-8-10-12-14-16-18-20-21-22-23-24-25-26-28-29-31-33-35-37-39-47(51)56-44-45(43-55-42-41-46(49(53)54)50(3,4)5)57-48(52)40-38-36-34-32-30-27-19-17-15-13-11-9-7-2/h9,11,13,15-21,45-46H,6-8,10,12,14,22-44H2,1-5H3/p+1/b11-9+,15-13+,18-16+,19-17+,21-20+. The quantitative estimate of drug-likeness (QED) is 0.0285. The molecular weight excluding hydrogens is 715 g/mol. The Morgan fingerprint density at radius 2 is 0.982 bits per heavy atom. The summed E-state index contributed by atoms with van der Waals surface area (Å²) in [5, 5.41) is 9.62. The van der Waals surface area contributed by atoms with Crippen LogP contribution in [-0.4, -0.2) is 80.6 Å². The third-order valence-electron chi connectivity index (χ3n) is 9.99. The molecule has 0 saturated heterocycles. The molecular formula is C49H86NO7+. The van der Waals surface area contributed by atoms with Gasteiger partial charge in [-0.05, 0) is 57.8 Å². The van der Waals surface area contributed by atoms with E-state index < -0.39 is 18.1 Å². The Balaban J connectivity index is 4.30. The number of rotatable bonds is 40. The maximum absolute atomic E-state index is 12.7. The molecule has 0 bridgehead atoms. The molecule has 0 fully saturated rings. The van der Waals surface area contributed by atoms with Crippen LogP contribution in [0.5, 0.6) is 0 Å². The van der Waals surface area contributed by atoms with Crippen molar-refractivity contribution in [2.24, 2.45) is 0 Å². The van der Waals surface area contributed by atoms with Gasteiger partial charge in [0.15, 0.2) is 12.1 Å². The van der Waals surface area contributed by atoms with E-state index in [0.29, 0.717) is 19.3 Å². The number of hydrogen-bond acceptors (Lipinski definition) is 6. The van der Waals surface area contributed by atoms with Crippen LogP contribution < -0.4 is 0 Å². The lowest BCUT2D eigenvalue weighted by Gasteiger charge is -2.31. The molecule has 0 aliphatic rings. The number of unbranched alkanes of at least 4 members (excludes halogenated alkanes) is 19. The SMILES string of the molecule is CC/C=C/C=C/C=C/CCCCCCCC(=O)OC(COCCC(C(=O)O)[N+](C)(C)C)COC(=O)CCCCCCCCCCCC/C=C/C=C/CCCCCC. The zero-order valence-corrected chi connectivity index (χ0v) is 37.3. The lowest BCUT2D eigenvalue weighted by Crippen LogP contribution is -2.50. The number of esters is 2. The van der Waals surface area contributed by atoms with Crippen molar-refractivity contribution >= 4 is 17.9 Å². The Hall–Kier alpha value is -2.97. The van der Waals surface area contributed by atoms with E-state index in [-0.39, 0.29) is 36.2 Å². The molecule has 0 saturated carbocycles. The van der Waals surface area contributed by atoms with Gasteiger partial charge in [0.05, 0.1) is 34.4 Å². The number of likely N-dealkylation sites (N-methyl/N-ethyl adjacent to an activating group) is 1.